The Hall–Kier alpha value is -3.30. The van der Waals surface area contributed by atoms with Gasteiger partial charge < -0.3 is 14.2 Å². The average molecular weight is 438 g/mol. The van der Waals surface area contributed by atoms with E-state index in [1.54, 1.807) is 12.1 Å². The summed E-state index contributed by atoms with van der Waals surface area (Å²) in [6.45, 7) is 2.62. The number of carbonyl (C=O) groups excluding carboxylic acids is 2. The van der Waals surface area contributed by atoms with Gasteiger partial charge in [0.05, 0.1) is 19.8 Å². The maximum Gasteiger partial charge on any atom is 0.337 e. The third kappa shape index (κ3) is 8.44. The number of nitrogens with zero attached hydrogens (tertiary/aromatic N) is 1. The minimum absolute atomic E-state index is 0.186. The molecule has 0 aliphatic rings. The van der Waals surface area contributed by atoms with Crippen LogP contribution in [0.3, 0.4) is 0 Å². The molecule has 2 rings (SSSR count). The number of unbranched alkanes of at least 4 members (excludes halogenated alkanes) is 1. The Bertz CT molecular complexity index is 901. The predicted molar refractivity (Wildman–Crippen MR) is 123 cm³/mol. The van der Waals surface area contributed by atoms with Gasteiger partial charge in [0.15, 0.2) is 0 Å². The molecular weight excluding hydrogens is 406 g/mol. The molecule has 0 bridgehead atoms. The molecule has 170 valence electrons. The summed E-state index contributed by atoms with van der Waals surface area (Å²) in [7, 11) is 2.78. The molecule has 6 heteroatoms. The van der Waals surface area contributed by atoms with Crippen LogP contribution in [0.5, 0.6) is 5.75 Å². The van der Waals surface area contributed by atoms with E-state index in [1.807, 2.05) is 36.4 Å². The zero-order chi connectivity index (χ0) is 23.2. The van der Waals surface area contributed by atoms with Gasteiger partial charge in [-0.25, -0.2) is 4.79 Å². The van der Waals surface area contributed by atoms with E-state index in [0.717, 1.165) is 55.8 Å². The highest BCUT2D eigenvalue weighted by molar-refractivity contribution is 5.89. The first-order valence-corrected chi connectivity index (χ1v) is 10.7. The average Bonchev–Trinajstić information content (AvgIpc) is 2.83. The van der Waals surface area contributed by atoms with E-state index < -0.39 is 0 Å². The lowest BCUT2D eigenvalue weighted by Gasteiger charge is -2.23. The molecule has 0 atom stereocenters. The summed E-state index contributed by atoms with van der Waals surface area (Å²) in [5.41, 5.74) is 2.73. The van der Waals surface area contributed by atoms with Crippen LogP contribution in [0, 0.1) is 12.3 Å². The Labute approximate surface area is 190 Å². The summed E-state index contributed by atoms with van der Waals surface area (Å²) < 4.78 is 15.2. The highest BCUT2D eigenvalue weighted by Crippen LogP contribution is 2.19. The van der Waals surface area contributed by atoms with Gasteiger partial charge in [-0.05, 0) is 55.1 Å². The number of hydrogen-bond donors (Lipinski definition) is 0. The monoisotopic (exact) mass is 437 g/mol. The number of benzene rings is 2. The van der Waals surface area contributed by atoms with Crippen molar-refractivity contribution in [2.24, 2.45) is 0 Å². The summed E-state index contributed by atoms with van der Waals surface area (Å²) in [6, 6.07) is 15.3. The van der Waals surface area contributed by atoms with Gasteiger partial charge in [0.2, 0.25) is 0 Å². The molecular formula is C26H31NO5. The second-order valence-corrected chi connectivity index (χ2v) is 7.35. The highest BCUT2D eigenvalue weighted by atomic mass is 16.5. The van der Waals surface area contributed by atoms with Crippen molar-refractivity contribution in [3.8, 4) is 18.1 Å². The van der Waals surface area contributed by atoms with Gasteiger partial charge in [-0.15, -0.1) is 6.42 Å². The number of ether oxygens (including phenoxy) is 3. The third-order valence-corrected chi connectivity index (χ3v) is 5.10. The summed E-state index contributed by atoms with van der Waals surface area (Å²) in [4.78, 5) is 25.4. The van der Waals surface area contributed by atoms with E-state index >= 15 is 0 Å². The van der Waals surface area contributed by atoms with Crippen LogP contribution in [0.2, 0.25) is 0 Å². The molecule has 0 aliphatic carbocycles. The van der Waals surface area contributed by atoms with E-state index in [1.165, 1.54) is 14.2 Å². The zero-order valence-electron chi connectivity index (χ0n) is 18.8. The van der Waals surface area contributed by atoms with Gasteiger partial charge in [0.25, 0.3) is 0 Å². The second-order valence-electron chi connectivity index (χ2n) is 7.35. The van der Waals surface area contributed by atoms with Crippen molar-refractivity contribution < 1.29 is 23.8 Å². The van der Waals surface area contributed by atoms with Gasteiger partial charge in [0, 0.05) is 19.5 Å². The fourth-order valence-electron chi connectivity index (χ4n) is 3.35. The molecule has 0 spiro atoms. The van der Waals surface area contributed by atoms with Crippen molar-refractivity contribution in [3.63, 3.8) is 0 Å². The number of terminal acetylenes is 1. The Morgan fingerprint density at radius 1 is 0.969 bits per heavy atom. The van der Waals surface area contributed by atoms with Gasteiger partial charge in [-0.1, -0.05) is 36.3 Å². The predicted octanol–water partition coefficient (Wildman–Crippen LogP) is 3.87. The lowest BCUT2D eigenvalue weighted by molar-refractivity contribution is -0.140. The number of esters is 2. The first-order valence-electron chi connectivity index (χ1n) is 10.7. The molecule has 0 heterocycles. The van der Waals surface area contributed by atoms with E-state index in [2.05, 4.69) is 10.8 Å². The van der Waals surface area contributed by atoms with Crippen LogP contribution in [-0.4, -0.2) is 50.8 Å². The van der Waals surface area contributed by atoms with Gasteiger partial charge in [-0.3, -0.25) is 9.69 Å². The molecule has 2 aromatic carbocycles. The van der Waals surface area contributed by atoms with Crippen molar-refractivity contribution in [1.29, 1.82) is 0 Å². The van der Waals surface area contributed by atoms with Gasteiger partial charge in [0.1, 0.15) is 12.4 Å². The normalized spacial score (nSPS) is 10.4. The van der Waals surface area contributed by atoms with E-state index in [9.17, 15) is 9.59 Å². The van der Waals surface area contributed by atoms with Crippen LogP contribution in [-0.2, 0) is 27.2 Å². The second kappa shape index (κ2) is 13.9. The fraction of sp³-hybridized carbons (Fsp3) is 0.385. The van der Waals surface area contributed by atoms with Crippen molar-refractivity contribution >= 4 is 11.9 Å². The highest BCUT2D eigenvalue weighted by Gasteiger charge is 2.11. The summed E-state index contributed by atoms with van der Waals surface area (Å²) in [6.07, 6.45) is 8.20. The van der Waals surface area contributed by atoms with Gasteiger partial charge in [-0.2, -0.15) is 0 Å². The molecule has 2 aromatic rings. The van der Waals surface area contributed by atoms with Gasteiger partial charge >= 0.3 is 11.9 Å². The Morgan fingerprint density at radius 3 is 2.41 bits per heavy atom. The number of para-hydroxylation sites is 1. The first-order chi connectivity index (χ1) is 15.6. The van der Waals surface area contributed by atoms with Crippen LogP contribution in [0.15, 0.2) is 48.5 Å². The first kappa shape index (κ1) is 25.0. The largest absolute Gasteiger partial charge is 0.481 e. The Kier molecular flexibility index (Phi) is 10.8. The SMILES string of the molecule is C#CCOc1ccccc1CCN(CCCCC(=O)OC)Cc1ccc(C(=O)OC)cc1. The number of carbonyl (C=O) groups is 2. The number of rotatable bonds is 13. The molecule has 0 saturated heterocycles. The molecule has 0 N–H and O–H groups in total. The molecule has 32 heavy (non-hydrogen) atoms. The molecule has 0 aliphatic heterocycles. The Balaban J connectivity index is 2.03. The summed E-state index contributed by atoms with van der Waals surface area (Å²) in [5, 5.41) is 0. The third-order valence-electron chi connectivity index (χ3n) is 5.10. The van der Waals surface area contributed by atoms with Crippen molar-refractivity contribution in [1.82, 2.24) is 4.90 Å². The molecule has 6 nitrogen and oxygen atoms in total. The van der Waals surface area contributed by atoms with Crippen LogP contribution >= 0.6 is 0 Å². The van der Waals surface area contributed by atoms with E-state index in [0.29, 0.717) is 12.0 Å². The molecule has 0 fully saturated rings. The van der Waals surface area contributed by atoms with Crippen LogP contribution < -0.4 is 4.74 Å². The summed E-state index contributed by atoms with van der Waals surface area (Å²) in [5.74, 6) is 2.77. The lowest BCUT2D eigenvalue weighted by Crippen LogP contribution is -2.27. The molecule has 0 radical (unpaired) electrons. The van der Waals surface area contributed by atoms with Crippen molar-refractivity contribution in [3.05, 3.63) is 65.2 Å². The molecule has 0 unspecified atom stereocenters. The minimum Gasteiger partial charge on any atom is -0.481 e. The Morgan fingerprint density at radius 2 is 1.72 bits per heavy atom. The standard InChI is InChI=1S/C26H31NO5/c1-4-19-32-24-10-6-5-9-22(24)16-18-27(17-8-7-11-25(28)30-2)20-21-12-14-23(15-13-21)26(29)31-3/h1,5-6,9-10,12-15H,7-8,11,16-20H2,2-3H3. The minimum atomic E-state index is -0.347. The zero-order valence-corrected chi connectivity index (χ0v) is 18.8. The number of hydrogen-bond acceptors (Lipinski definition) is 6. The van der Waals surface area contributed by atoms with E-state index in [4.69, 9.17) is 20.6 Å². The van der Waals surface area contributed by atoms with E-state index in [-0.39, 0.29) is 18.5 Å². The summed E-state index contributed by atoms with van der Waals surface area (Å²) >= 11 is 0. The van der Waals surface area contributed by atoms with Crippen LogP contribution in [0.25, 0.3) is 0 Å². The quantitative estimate of drug-likeness (QED) is 0.269. The maximum atomic E-state index is 11.7. The van der Waals surface area contributed by atoms with Crippen LogP contribution in [0.4, 0.5) is 0 Å². The smallest absolute Gasteiger partial charge is 0.337 e. The molecule has 0 amide bonds. The maximum absolute atomic E-state index is 11.7. The van der Waals surface area contributed by atoms with Crippen molar-refractivity contribution in [2.75, 3.05) is 33.9 Å². The molecule has 0 aromatic heterocycles. The number of methoxy groups -OCH3 is 2. The fourth-order valence-corrected chi connectivity index (χ4v) is 3.35. The topological polar surface area (TPSA) is 65.1 Å². The lowest BCUT2D eigenvalue weighted by atomic mass is 10.1. The van der Waals surface area contributed by atoms with Crippen molar-refractivity contribution in [2.45, 2.75) is 32.2 Å². The van der Waals surface area contributed by atoms with Crippen LogP contribution in [0.1, 0.15) is 40.7 Å². The molecule has 0 saturated carbocycles.